The summed E-state index contributed by atoms with van der Waals surface area (Å²) >= 11 is 0. The third-order valence-electron chi connectivity index (χ3n) is 3.12. The maximum absolute atomic E-state index is 12.0. The lowest BCUT2D eigenvalue weighted by Gasteiger charge is -2.34. The molecular formula is C12H17N5O2. The van der Waals surface area contributed by atoms with Gasteiger partial charge in [0.05, 0.1) is 6.54 Å². The van der Waals surface area contributed by atoms with Gasteiger partial charge in [-0.2, -0.15) is 0 Å². The van der Waals surface area contributed by atoms with Gasteiger partial charge in [-0.05, 0) is 0 Å². The summed E-state index contributed by atoms with van der Waals surface area (Å²) in [6.45, 7) is 8.20. The first-order chi connectivity index (χ1) is 9.10. The molecule has 0 saturated carbocycles. The first-order valence-corrected chi connectivity index (χ1v) is 5.97. The number of aliphatic imine (C=N–C) groups is 1. The minimum Gasteiger partial charge on any atom is -0.333 e. The molecule has 2 rings (SSSR count). The van der Waals surface area contributed by atoms with Gasteiger partial charge in [0.1, 0.15) is 6.17 Å². The lowest BCUT2D eigenvalue weighted by molar-refractivity contribution is -0.126. The van der Waals surface area contributed by atoms with Crippen LogP contribution in [0.25, 0.3) is 0 Å². The highest BCUT2D eigenvalue weighted by Crippen LogP contribution is 2.20. The van der Waals surface area contributed by atoms with E-state index in [4.69, 9.17) is 0 Å². The number of urea groups is 1. The van der Waals surface area contributed by atoms with Gasteiger partial charge < -0.3 is 15.1 Å². The second-order valence-electron chi connectivity index (χ2n) is 4.33. The quantitative estimate of drug-likeness (QED) is 0.670. The number of nitrogens with zero attached hydrogens (tertiary/aromatic N) is 3. The van der Waals surface area contributed by atoms with E-state index in [2.05, 4.69) is 28.8 Å². The Morgan fingerprint density at radius 2 is 2.11 bits per heavy atom. The molecule has 3 amide bonds. The van der Waals surface area contributed by atoms with Crippen LogP contribution in [-0.4, -0.2) is 60.0 Å². The van der Waals surface area contributed by atoms with Crippen molar-refractivity contribution in [2.75, 3.05) is 20.1 Å². The van der Waals surface area contributed by atoms with Gasteiger partial charge in [0, 0.05) is 13.6 Å². The largest absolute Gasteiger partial charge is 0.333 e. The van der Waals surface area contributed by atoms with Gasteiger partial charge in [-0.3, -0.25) is 10.1 Å². The zero-order chi connectivity index (χ0) is 14.0. The molecule has 2 aliphatic rings. The Morgan fingerprint density at radius 1 is 1.37 bits per heavy atom. The average molecular weight is 263 g/mol. The SMILES string of the molecule is C=CCN=C1NC2C(C(=O)NC(=O)N2C)N1CC=C. The van der Waals surface area contributed by atoms with Gasteiger partial charge in [0.2, 0.25) is 0 Å². The van der Waals surface area contributed by atoms with Crippen LogP contribution < -0.4 is 10.6 Å². The lowest BCUT2D eigenvalue weighted by Crippen LogP contribution is -2.64. The Balaban J connectivity index is 2.32. The third-order valence-corrected chi connectivity index (χ3v) is 3.12. The monoisotopic (exact) mass is 263 g/mol. The van der Waals surface area contributed by atoms with E-state index in [0.29, 0.717) is 19.0 Å². The molecule has 2 saturated heterocycles. The van der Waals surface area contributed by atoms with Crippen molar-refractivity contribution in [3.05, 3.63) is 25.3 Å². The fraction of sp³-hybridized carbons (Fsp3) is 0.417. The van der Waals surface area contributed by atoms with Gasteiger partial charge in [-0.25, -0.2) is 9.79 Å². The second kappa shape index (κ2) is 5.13. The molecule has 19 heavy (non-hydrogen) atoms. The molecule has 2 aliphatic heterocycles. The number of hydrogen-bond donors (Lipinski definition) is 2. The van der Waals surface area contributed by atoms with E-state index in [-0.39, 0.29) is 5.91 Å². The number of fused-ring (bicyclic) bond motifs is 1. The molecule has 2 N–H and O–H groups in total. The highest BCUT2D eigenvalue weighted by Gasteiger charge is 2.49. The fourth-order valence-electron chi connectivity index (χ4n) is 2.21. The van der Waals surface area contributed by atoms with Gasteiger partial charge in [-0.1, -0.05) is 12.2 Å². The summed E-state index contributed by atoms with van der Waals surface area (Å²) in [5.41, 5.74) is 0. The van der Waals surface area contributed by atoms with Gasteiger partial charge in [-0.15, -0.1) is 13.2 Å². The smallest absolute Gasteiger partial charge is 0.325 e. The predicted octanol–water partition coefficient (Wildman–Crippen LogP) is -0.504. The number of carbonyl (C=O) groups excluding carboxylic acids is 2. The maximum atomic E-state index is 12.0. The Labute approximate surface area is 111 Å². The fourth-order valence-corrected chi connectivity index (χ4v) is 2.21. The van der Waals surface area contributed by atoms with E-state index >= 15 is 0 Å². The van der Waals surface area contributed by atoms with Crippen molar-refractivity contribution in [1.82, 2.24) is 20.4 Å². The predicted molar refractivity (Wildman–Crippen MR) is 71.4 cm³/mol. The second-order valence-corrected chi connectivity index (χ2v) is 4.33. The van der Waals surface area contributed by atoms with Crippen molar-refractivity contribution in [3.63, 3.8) is 0 Å². The number of nitrogens with one attached hydrogen (secondary N) is 2. The molecule has 0 radical (unpaired) electrons. The summed E-state index contributed by atoms with van der Waals surface area (Å²) in [6, 6.07) is -0.911. The van der Waals surface area contributed by atoms with Crippen LogP contribution in [0.2, 0.25) is 0 Å². The van der Waals surface area contributed by atoms with E-state index in [9.17, 15) is 9.59 Å². The molecule has 2 fully saturated rings. The molecule has 0 aromatic rings. The zero-order valence-corrected chi connectivity index (χ0v) is 10.8. The van der Waals surface area contributed by atoms with Crippen molar-refractivity contribution in [1.29, 1.82) is 0 Å². The van der Waals surface area contributed by atoms with Crippen molar-refractivity contribution in [3.8, 4) is 0 Å². The molecule has 2 atom stereocenters. The highest BCUT2D eigenvalue weighted by molar-refractivity contribution is 6.04. The van der Waals surface area contributed by atoms with Crippen LogP contribution in [0.5, 0.6) is 0 Å². The van der Waals surface area contributed by atoms with Crippen molar-refractivity contribution < 1.29 is 9.59 Å². The van der Waals surface area contributed by atoms with E-state index in [1.807, 2.05) is 0 Å². The molecule has 0 aromatic heterocycles. The van der Waals surface area contributed by atoms with E-state index < -0.39 is 18.2 Å². The number of hydrogen-bond acceptors (Lipinski definition) is 3. The van der Waals surface area contributed by atoms with Crippen molar-refractivity contribution in [2.45, 2.75) is 12.2 Å². The number of rotatable bonds is 4. The first-order valence-electron chi connectivity index (χ1n) is 5.97. The van der Waals surface area contributed by atoms with Crippen LogP contribution in [0, 0.1) is 0 Å². The van der Waals surface area contributed by atoms with Crippen LogP contribution in [0.4, 0.5) is 4.79 Å². The minimum atomic E-state index is -0.496. The standard InChI is InChI=1S/C12H17N5O2/c1-4-6-13-11-14-9-8(17(11)7-5-2)10(18)15-12(19)16(9)3/h4-5,8-9H,1-2,6-7H2,3H3,(H,13,14)(H,15,18,19). The number of amides is 3. The molecule has 7 nitrogen and oxygen atoms in total. The van der Waals surface area contributed by atoms with Crippen molar-refractivity contribution in [2.24, 2.45) is 4.99 Å². The Bertz CT molecular complexity index is 459. The summed E-state index contributed by atoms with van der Waals surface area (Å²) in [4.78, 5) is 31.1. The van der Waals surface area contributed by atoms with Gasteiger partial charge >= 0.3 is 6.03 Å². The zero-order valence-electron chi connectivity index (χ0n) is 10.8. The highest BCUT2D eigenvalue weighted by atomic mass is 16.2. The molecular weight excluding hydrogens is 246 g/mol. The Hall–Kier alpha value is -2.31. The number of imide groups is 1. The first kappa shape index (κ1) is 13.1. The van der Waals surface area contributed by atoms with E-state index in [1.165, 1.54) is 4.90 Å². The minimum absolute atomic E-state index is 0.328. The molecule has 0 aliphatic carbocycles. The molecule has 2 heterocycles. The normalized spacial score (nSPS) is 27.9. The van der Waals surface area contributed by atoms with Gasteiger partial charge in [0.15, 0.2) is 12.0 Å². The van der Waals surface area contributed by atoms with Crippen LogP contribution >= 0.6 is 0 Å². The van der Waals surface area contributed by atoms with Crippen LogP contribution in [0.1, 0.15) is 0 Å². The van der Waals surface area contributed by atoms with E-state index in [0.717, 1.165) is 0 Å². The molecule has 0 aromatic carbocycles. The average Bonchev–Trinajstić information content (AvgIpc) is 2.74. The molecule has 0 spiro atoms. The third kappa shape index (κ3) is 2.18. The number of guanidine groups is 1. The summed E-state index contributed by atoms with van der Waals surface area (Å²) < 4.78 is 0. The topological polar surface area (TPSA) is 77.0 Å². The van der Waals surface area contributed by atoms with Crippen molar-refractivity contribution >= 4 is 17.9 Å². The maximum Gasteiger partial charge on any atom is 0.325 e. The Morgan fingerprint density at radius 3 is 2.74 bits per heavy atom. The van der Waals surface area contributed by atoms with Crippen LogP contribution in [0.15, 0.2) is 30.3 Å². The summed E-state index contributed by atoms with van der Waals surface area (Å²) in [5, 5.41) is 5.42. The molecule has 102 valence electrons. The molecule has 7 heteroatoms. The summed E-state index contributed by atoms with van der Waals surface area (Å²) in [6.07, 6.45) is 2.94. The molecule has 2 unspecified atom stereocenters. The number of likely N-dealkylation sites (N-methyl/N-ethyl adjacent to an activating group) is 1. The Kier molecular flexibility index (Phi) is 3.55. The molecule has 0 bridgehead atoms. The van der Waals surface area contributed by atoms with Crippen LogP contribution in [0.3, 0.4) is 0 Å². The lowest BCUT2D eigenvalue weighted by atomic mass is 10.1. The summed E-state index contributed by atoms with van der Waals surface area (Å²) in [5.74, 6) is 0.248. The summed E-state index contributed by atoms with van der Waals surface area (Å²) in [7, 11) is 1.63. The van der Waals surface area contributed by atoms with Gasteiger partial charge in [0.25, 0.3) is 5.91 Å². The van der Waals surface area contributed by atoms with Crippen LogP contribution in [-0.2, 0) is 4.79 Å². The van der Waals surface area contributed by atoms with E-state index in [1.54, 1.807) is 24.1 Å². The number of carbonyl (C=O) groups is 2.